The van der Waals surface area contributed by atoms with E-state index in [-0.39, 0.29) is 5.91 Å². The molecule has 0 fully saturated rings. The highest BCUT2D eigenvalue weighted by Gasteiger charge is 2.08. The molecule has 0 saturated carbocycles. The van der Waals surface area contributed by atoms with Crippen LogP contribution in [0.2, 0.25) is 10.0 Å². The number of nitrogens with one attached hydrogen (secondary N) is 1. The maximum atomic E-state index is 12.1. The number of hydrogen-bond donors (Lipinski definition) is 1. The zero-order valence-electron chi connectivity index (χ0n) is 12.5. The number of thiazole rings is 1. The van der Waals surface area contributed by atoms with Crippen LogP contribution in [0.25, 0.3) is 11.3 Å². The van der Waals surface area contributed by atoms with Gasteiger partial charge < -0.3 is 5.32 Å². The molecule has 2 aromatic heterocycles. The molecule has 0 saturated heterocycles. The zero-order valence-corrected chi connectivity index (χ0v) is 14.8. The molecule has 4 nitrogen and oxygen atoms in total. The van der Waals surface area contributed by atoms with Crippen LogP contribution in [-0.4, -0.2) is 15.9 Å². The maximum absolute atomic E-state index is 12.1. The van der Waals surface area contributed by atoms with Gasteiger partial charge in [0.2, 0.25) is 5.91 Å². The van der Waals surface area contributed by atoms with E-state index in [9.17, 15) is 4.79 Å². The molecule has 3 aromatic rings. The Morgan fingerprint density at radius 3 is 2.54 bits per heavy atom. The van der Waals surface area contributed by atoms with Crippen molar-refractivity contribution in [3.05, 3.63) is 63.2 Å². The summed E-state index contributed by atoms with van der Waals surface area (Å²) in [5, 5.41) is 6.67. The van der Waals surface area contributed by atoms with Gasteiger partial charge in [0.1, 0.15) is 0 Å². The second kappa shape index (κ2) is 7.75. The first-order chi connectivity index (χ1) is 11.6. The summed E-state index contributed by atoms with van der Waals surface area (Å²) in [5.41, 5.74) is 2.51. The number of rotatable bonds is 5. The van der Waals surface area contributed by atoms with E-state index in [4.69, 9.17) is 23.2 Å². The van der Waals surface area contributed by atoms with Crippen LogP contribution in [-0.2, 0) is 11.2 Å². The highest BCUT2D eigenvalue weighted by molar-refractivity contribution is 7.09. The number of pyridine rings is 1. The summed E-state index contributed by atoms with van der Waals surface area (Å²) in [7, 11) is 0. The summed E-state index contributed by atoms with van der Waals surface area (Å²) in [5.74, 6) is -0.103. The molecule has 0 radical (unpaired) electrons. The second-order valence-corrected chi connectivity index (χ2v) is 6.88. The molecule has 0 aliphatic carbocycles. The molecule has 3 rings (SSSR count). The average molecular weight is 378 g/mol. The first kappa shape index (κ1) is 16.9. The van der Waals surface area contributed by atoms with Crippen molar-refractivity contribution in [2.24, 2.45) is 0 Å². The molecule has 0 atom stereocenters. The third-order valence-electron chi connectivity index (χ3n) is 3.24. The fourth-order valence-corrected chi connectivity index (χ4v) is 3.48. The Hall–Kier alpha value is -1.95. The lowest BCUT2D eigenvalue weighted by Gasteiger charge is -2.05. The Balaban J connectivity index is 1.58. The largest absolute Gasteiger partial charge is 0.326 e. The predicted molar refractivity (Wildman–Crippen MR) is 98.8 cm³/mol. The molecule has 7 heteroatoms. The first-order valence-electron chi connectivity index (χ1n) is 7.21. The quantitative estimate of drug-likeness (QED) is 0.673. The SMILES string of the molecule is O=C(CCc1nc(-c2ccncc2)cs1)Nc1cc(Cl)cc(Cl)c1. The van der Waals surface area contributed by atoms with Gasteiger partial charge in [0.15, 0.2) is 0 Å². The summed E-state index contributed by atoms with van der Waals surface area (Å²) in [4.78, 5) is 20.6. The lowest BCUT2D eigenvalue weighted by molar-refractivity contribution is -0.116. The van der Waals surface area contributed by atoms with E-state index in [1.165, 1.54) is 0 Å². The molecule has 2 heterocycles. The number of aryl methyl sites for hydroxylation is 1. The van der Waals surface area contributed by atoms with Crippen molar-refractivity contribution < 1.29 is 4.79 Å². The minimum absolute atomic E-state index is 0.103. The third-order valence-corrected chi connectivity index (χ3v) is 4.59. The van der Waals surface area contributed by atoms with Gasteiger partial charge in [-0.15, -0.1) is 11.3 Å². The van der Waals surface area contributed by atoms with E-state index in [2.05, 4.69) is 15.3 Å². The summed E-state index contributed by atoms with van der Waals surface area (Å²) in [6.07, 6.45) is 4.39. The third kappa shape index (κ3) is 4.54. The van der Waals surface area contributed by atoms with Gasteiger partial charge in [0.25, 0.3) is 0 Å². The van der Waals surface area contributed by atoms with Gasteiger partial charge in [0.05, 0.1) is 10.7 Å². The lowest BCUT2D eigenvalue weighted by atomic mass is 10.2. The van der Waals surface area contributed by atoms with Crippen molar-refractivity contribution in [1.29, 1.82) is 0 Å². The Morgan fingerprint density at radius 1 is 1.12 bits per heavy atom. The highest BCUT2D eigenvalue weighted by atomic mass is 35.5. The molecule has 1 N–H and O–H groups in total. The number of amides is 1. The summed E-state index contributed by atoms with van der Waals surface area (Å²) < 4.78 is 0. The van der Waals surface area contributed by atoms with Gasteiger partial charge in [-0.25, -0.2) is 4.98 Å². The normalized spacial score (nSPS) is 10.6. The smallest absolute Gasteiger partial charge is 0.224 e. The molecule has 1 amide bonds. The zero-order chi connectivity index (χ0) is 16.9. The van der Waals surface area contributed by atoms with Crippen LogP contribution in [0.4, 0.5) is 5.69 Å². The Bertz CT molecular complexity index is 832. The van der Waals surface area contributed by atoms with E-state index in [1.54, 1.807) is 41.9 Å². The van der Waals surface area contributed by atoms with Gasteiger partial charge >= 0.3 is 0 Å². The first-order valence-corrected chi connectivity index (χ1v) is 8.84. The molecular weight excluding hydrogens is 365 g/mol. The van der Waals surface area contributed by atoms with E-state index in [0.29, 0.717) is 28.6 Å². The highest BCUT2D eigenvalue weighted by Crippen LogP contribution is 2.24. The fourth-order valence-electron chi connectivity index (χ4n) is 2.15. The molecule has 0 bridgehead atoms. The van der Waals surface area contributed by atoms with Gasteiger partial charge in [-0.1, -0.05) is 23.2 Å². The fraction of sp³-hybridized carbons (Fsp3) is 0.118. The summed E-state index contributed by atoms with van der Waals surface area (Å²) >= 11 is 13.4. The van der Waals surface area contributed by atoms with Crippen LogP contribution in [0.3, 0.4) is 0 Å². The van der Waals surface area contributed by atoms with Crippen LogP contribution < -0.4 is 5.32 Å². The van der Waals surface area contributed by atoms with Crippen molar-refractivity contribution in [2.75, 3.05) is 5.32 Å². The number of hydrogen-bond acceptors (Lipinski definition) is 4. The second-order valence-electron chi connectivity index (χ2n) is 5.07. The molecule has 0 aliphatic heterocycles. The van der Waals surface area contributed by atoms with Gasteiger partial charge in [-0.3, -0.25) is 9.78 Å². The molecule has 122 valence electrons. The van der Waals surface area contributed by atoms with Crippen LogP contribution in [0.5, 0.6) is 0 Å². The van der Waals surface area contributed by atoms with E-state index in [1.807, 2.05) is 17.5 Å². The van der Waals surface area contributed by atoms with Crippen molar-refractivity contribution in [3.8, 4) is 11.3 Å². The van der Waals surface area contributed by atoms with E-state index < -0.39 is 0 Å². The Morgan fingerprint density at radius 2 is 1.83 bits per heavy atom. The van der Waals surface area contributed by atoms with E-state index in [0.717, 1.165) is 16.3 Å². The predicted octanol–water partition coefficient (Wildman–Crippen LogP) is 5.08. The molecular formula is C17H13Cl2N3OS. The van der Waals surface area contributed by atoms with Crippen LogP contribution in [0, 0.1) is 0 Å². The Kier molecular flexibility index (Phi) is 5.45. The minimum Gasteiger partial charge on any atom is -0.326 e. The van der Waals surface area contributed by atoms with Crippen molar-refractivity contribution >= 4 is 46.1 Å². The van der Waals surface area contributed by atoms with Crippen LogP contribution in [0.15, 0.2) is 48.1 Å². The van der Waals surface area contributed by atoms with Gasteiger partial charge in [0, 0.05) is 51.9 Å². The van der Waals surface area contributed by atoms with Crippen molar-refractivity contribution in [2.45, 2.75) is 12.8 Å². The summed E-state index contributed by atoms with van der Waals surface area (Å²) in [6, 6.07) is 8.77. The van der Waals surface area contributed by atoms with Gasteiger partial charge in [-0.2, -0.15) is 0 Å². The Labute approximate surface area is 153 Å². The lowest BCUT2D eigenvalue weighted by Crippen LogP contribution is -2.12. The molecule has 0 aliphatic rings. The maximum Gasteiger partial charge on any atom is 0.224 e. The molecule has 0 unspecified atom stereocenters. The summed E-state index contributed by atoms with van der Waals surface area (Å²) in [6.45, 7) is 0. The van der Waals surface area contributed by atoms with Gasteiger partial charge in [-0.05, 0) is 30.3 Å². The topological polar surface area (TPSA) is 54.9 Å². The van der Waals surface area contributed by atoms with Crippen molar-refractivity contribution in [3.63, 3.8) is 0 Å². The average Bonchev–Trinajstić information content (AvgIpc) is 3.02. The number of carbonyl (C=O) groups excluding carboxylic acids is 1. The van der Waals surface area contributed by atoms with Crippen LogP contribution in [0.1, 0.15) is 11.4 Å². The minimum atomic E-state index is -0.103. The van der Waals surface area contributed by atoms with Crippen LogP contribution >= 0.6 is 34.5 Å². The number of anilines is 1. The molecule has 0 spiro atoms. The number of benzene rings is 1. The number of aromatic nitrogens is 2. The molecule has 24 heavy (non-hydrogen) atoms. The number of halogens is 2. The number of carbonyl (C=O) groups is 1. The van der Waals surface area contributed by atoms with Crippen molar-refractivity contribution in [1.82, 2.24) is 9.97 Å². The van der Waals surface area contributed by atoms with E-state index >= 15 is 0 Å². The standard InChI is InChI=1S/C17H13Cl2N3OS/c18-12-7-13(19)9-14(8-12)21-16(23)1-2-17-22-15(10-24-17)11-3-5-20-6-4-11/h3-10H,1-2H2,(H,21,23). The monoisotopic (exact) mass is 377 g/mol. The molecule has 1 aromatic carbocycles. The number of nitrogens with zero attached hydrogens (tertiary/aromatic N) is 2.